The number of hydrazone groups is 1. The van der Waals surface area contributed by atoms with Gasteiger partial charge in [0.05, 0.1) is 0 Å². The molecule has 0 saturated heterocycles. The molecule has 1 aromatic rings. The van der Waals surface area contributed by atoms with E-state index in [0.717, 1.165) is 47.2 Å². The summed E-state index contributed by atoms with van der Waals surface area (Å²) >= 11 is 5.02. The zero-order valence-electron chi connectivity index (χ0n) is 13.2. The molecule has 2 aliphatic heterocycles. The van der Waals surface area contributed by atoms with Gasteiger partial charge in [0.25, 0.3) is 5.91 Å². The van der Waals surface area contributed by atoms with Crippen molar-refractivity contribution in [1.82, 2.24) is 10.3 Å². The average molecular weight is 407 g/mol. The second-order valence-corrected chi connectivity index (χ2v) is 8.26. The Kier molecular flexibility index (Phi) is 4.08. The summed E-state index contributed by atoms with van der Waals surface area (Å²) in [7, 11) is 0. The number of rotatable bonds is 2. The van der Waals surface area contributed by atoms with Crippen LogP contribution in [0.2, 0.25) is 0 Å². The highest BCUT2D eigenvalue weighted by molar-refractivity contribution is 9.10. The minimum Gasteiger partial charge on any atom is -0.361 e. The van der Waals surface area contributed by atoms with E-state index in [2.05, 4.69) is 39.2 Å². The monoisotopic (exact) mass is 406 g/mol. The Morgan fingerprint density at radius 3 is 3.00 bits per heavy atom. The van der Waals surface area contributed by atoms with E-state index >= 15 is 0 Å². The van der Waals surface area contributed by atoms with Gasteiger partial charge in [-0.3, -0.25) is 9.80 Å². The molecule has 0 radical (unpaired) electrons. The quantitative estimate of drug-likeness (QED) is 0.733. The fourth-order valence-electron chi connectivity index (χ4n) is 3.78. The average Bonchev–Trinajstić information content (AvgIpc) is 3.03. The number of carbonyl (C=O) groups is 1. The Morgan fingerprint density at radius 1 is 1.46 bits per heavy atom. The number of thioether (sulfide) groups is 1. The van der Waals surface area contributed by atoms with Gasteiger partial charge in [0.15, 0.2) is 11.2 Å². The van der Waals surface area contributed by atoms with Crippen molar-refractivity contribution < 1.29 is 4.79 Å². The van der Waals surface area contributed by atoms with Gasteiger partial charge < -0.3 is 10.6 Å². The lowest BCUT2D eigenvalue weighted by Gasteiger charge is -2.50. The van der Waals surface area contributed by atoms with Gasteiger partial charge in [0.1, 0.15) is 5.66 Å². The maximum Gasteiger partial charge on any atom is 0.255 e. The fraction of sp³-hybridized carbons (Fsp3) is 0.412. The molecule has 2 N–H and O–H groups in total. The summed E-state index contributed by atoms with van der Waals surface area (Å²) in [5.74, 6) is 0.712. The highest BCUT2D eigenvalue weighted by atomic mass is 79.9. The van der Waals surface area contributed by atoms with E-state index in [4.69, 9.17) is 5.10 Å². The summed E-state index contributed by atoms with van der Waals surface area (Å²) in [6.07, 6.45) is 6.10. The van der Waals surface area contributed by atoms with Crippen molar-refractivity contribution in [1.29, 1.82) is 0 Å². The molecular formula is C17H19BrN4OS. The van der Waals surface area contributed by atoms with E-state index in [1.165, 1.54) is 11.8 Å². The topological polar surface area (TPSA) is 56.7 Å². The number of hydrogen-bond donors (Lipinski definition) is 2. The molecule has 1 saturated carbocycles. The van der Waals surface area contributed by atoms with E-state index in [1.807, 2.05) is 23.2 Å². The first kappa shape index (κ1) is 16.0. The summed E-state index contributed by atoms with van der Waals surface area (Å²) in [5, 5.41) is 14.1. The molecule has 5 nitrogen and oxygen atoms in total. The molecule has 3 aliphatic rings. The largest absolute Gasteiger partial charge is 0.361 e. The number of amides is 1. The number of halogens is 1. The van der Waals surface area contributed by atoms with Gasteiger partial charge in [-0.1, -0.05) is 33.8 Å². The van der Waals surface area contributed by atoms with Crippen LogP contribution in [-0.2, 0) is 4.79 Å². The SMILES string of the molecule is C=CCSC1=NN2[C@@H](C(=O)N1)c1cc(Br)ccc1NC21CCCC1. The van der Waals surface area contributed by atoms with Crippen LogP contribution in [0, 0.1) is 0 Å². The summed E-state index contributed by atoms with van der Waals surface area (Å²) < 4.78 is 0.967. The summed E-state index contributed by atoms with van der Waals surface area (Å²) in [6.45, 7) is 3.74. The first-order valence-electron chi connectivity index (χ1n) is 8.13. The van der Waals surface area contributed by atoms with Crippen molar-refractivity contribution in [2.75, 3.05) is 11.1 Å². The van der Waals surface area contributed by atoms with Crippen LogP contribution in [0.15, 0.2) is 40.4 Å². The van der Waals surface area contributed by atoms with Crippen LogP contribution < -0.4 is 10.6 Å². The Labute approximate surface area is 154 Å². The number of benzene rings is 1. The minimum atomic E-state index is -0.384. The highest BCUT2D eigenvalue weighted by Crippen LogP contribution is 2.48. The first-order chi connectivity index (χ1) is 11.6. The third-order valence-corrected chi connectivity index (χ3v) is 6.16. The van der Waals surface area contributed by atoms with Gasteiger partial charge in [0.2, 0.25) is 0 Å². The third kappa shape index (κ3) is 2.54. The lowest BCUT2D eigenvalue weighted by Crippen LogP contribution is -2.60. The van der Waals surface area contributed by atoms with Gasteiger partial charge in [-0.25, -0.2) is 0 Å². The lowest BCUT2D eigenvalue weighted by molar-refractivity contribution is -0.129. The molecule has 7 heteroatoms. The second kappa shape index (κ2) is 6.11. The Balaban J connectivity index is 1.81. The molecule has 1 fully saturated rings. The third-order valence-electron chi connectivity index (χ3n) is 4.80. The van der Waals surface area contributed by atoms with E-state index in [9.17, 15) is 4.79 Å². The van der Waals surface area contributed by atoms with Gasteiger partial charge in [-0.05, 0) is 43.9 Å². The molecule has 0 aromatic heterocycles. The molecular weight excluding hydrogens is 388 g/mol. The van der Waals surface area contributed by atoms with E-state index < -0.39 is 0 Å². The lowest BCUT2D eigenvalue weighted by atomic mass is 9.93. The molecule has 1 amide bonds. The van der Waals surface area contributed by atoms with Crippen LogP contribution in [-0.4, -0.2) is 27.5 Å². The first-order valence-corrected chi connectivity index (χ1v) is 9.91. The van der Waals surface area contributed by atoms with Crippen molar-refractivity contribution in [3.63, 3.8) is 0 Å². The van der Waals surface area contributed by atoms with Crippen LogP contribution in [0.4, 0.5) is 5.69 Å². The Bertz CT molecular complexity index is 729. The number of nitrogens with zero attached hydrogens (tertiary/aromatic N) is 2. The molecule has 1 aromatic carbocycles. The molecule has 126 valence electrons. The van der Waals surface area contributed by atoms with Crippen molar-refractivity contribution in [2.45, 2.75) is 37.4 Å². The van der Waals surface area contributed by atoms with Crippen molar-refractivity contribution in [2.24, 2.45) is 5.10 Å². The minimum absolute atomic E-state index is 0.0105. The van der Waals surface area contributed by atoms with Crippen LogP contribution in [0.3, 0.4) is 0 Å². The zero-order valence-corrected chi connectivity index (χ0v) is 15.6. The predicted octanol–water partition coefficient (Wildman–Crippen LogP) is 3.81. The molecule has 24 heavy (non-hydrogen) atoms. The number of fused-ring (bicyclic) bond motifs is 4. The van der Waals surface area contributed by atoms with Crippen molar-refractivity contribution >= 4 is 44.5 Å². The van der Waals surface area contributed by atoms with Gasteiger partial charge in [0, 0.05) is 21.5 Å². The standard InChI is InChI=1S/C17H19BrN4OS/c1-2-9-24-16-19-15(23)14-12-10-11(18)5-6-13(12)20-17(22(14)21-16)7-3-4-8-17/h2,5-6,10,14,20H,1,3-4,7-9H2,(H,19,21,23)/t14-/m1/s1. The fourth-order valence-corrected chi connectivity index (χ4v) is 4.75. The maximum atomic E-state index is 12.9. The Morgan fingerprint density at radius 2 is 2.25 bits per heavy atom. The van der Waals surface area contributed by atoms with E-state index in [0.29, 0.717) is 5.17 Å². The normalized spacial score (nSPS) is 23.9. The van der Waals surface area contributed by atoms with Crippen LogP contribution in [0.1, 0.15) is 37.3 Å². The number of hydrogen-bond acceptors (Lipinski definition) is 5. The van der Waals surface area contributed by atoms with Crippen molar-refractivity contribution in [3.8, 4) is 0 Å². The maximum absolute atomic E-state index is 12.9. The van der Waals surface area contributed by atoms with E-state index in [-0.39, 0.29) is 17.6 Å². The Hall–Kier alpha value is -1.47. The molecule has 0 bridgehead atoms. The van der Waals surface area contributed by atoms with Crippen LogP contribution >= 0.6 is 27.7 Å². The molecule has 2 heterocycles. The summed E-state index contributed by atoms with van der Waals surface area (Å²) in [4.78, 5) is 12.9. The zero-order chi connectivity index (χ0) is 16.7. The molecule has 1 atom stereocenters. The van der Waals surface area contributed by atoms with Crippen LogP contribution in [0.25, 0.3) is 0 Å². The molecule has 0 unspecified atom stereocenters. The number of carbonyl (C=O) groups excluding carboxylic acids is 1. The number of amidine groups is 1. The second-order valence-electron chi connectivity index (χ2n) is 6.34. The highest BCUT2D eigenvalue weighted by Gasteiger charge is 2.51. The van der Waals surface area contributed by atoms with Gasteiger partial charge in [-0.15, -0.1) is 11.7 Å². The summed E-state index contributed by atoms with van der Waals surface area (Å²) in [5.41, 5.74) is 1.74. The predicted molar refractivity (Wildman–Crippen MR) is 102 cm³/mol. The summed E-state index contributed by atoms with van der Waals surface area (Å²) in [6, 6.07) is 5.69. The van der Waals surface area contributed by atoms with Gasteiger partial charge >= 0.3 is 0 Å². The number of anilines is 1. The number of nitrogens with one attached hydrogen (secondary N) is 2. The van der Waals surface area contributed by atoms with E-state index in [1.54, 1.807) is 0 Å². The van der Waals surface area contributed by atoms with Crippen LogP contribution in [0.5, 0.6) is 0 Å². The smallest absolute Gasteiger partial charge is 0.255 e. The van der Waals surface area contributed by atoms with Gasteiger partial charge in [-0.2, -0.15) is 0 Å². The molecule has 1 aliphatic carbocycles. The van der Waals surface area contributed by atoms with Crippen molar-refractivity contribution in [3.05, 3.63) is 40.9 Å². The molecule has 1 spiro atoms. The molecule has 4 rings (SSSR count).